The Hall–Kier alpha value is -0.850. The van der Waals surface area contributed by atoms with Crippen molar-refractivity contribution in [3.8, 4) is 0 Å². The molecule has 0 saturated heterocycles. The standard InChI is InChI=1S/C14H26N4O2S/c1-15-17-21(19,20)18-16-14(12-8-4-2-5-9-12)13-10-6-3-7-11-13/h12-14H,2-11H2,1H3. The van der Waals surface area contributed by atoms with Crippen molar-refractivity contribution in [1.29, 1.82) is 0 Å². The zero-order valence-electron chi connectivity index (χ0n) is 12.8. The van der Waals surface area contributed by atoms with E-state index in [2.05, 4.69) is 19.3 Å². The van der Waals surface area contributed by atoms with E-state index in [1.54, 1.807) is 0 Å². The lowest BCUT2D eigenvalue weighted by atomic mass is 9.74. The van der Waals surface area contributed by atoms with E-state index in [1.165, 1.54) is 45.6 Å². The maximum atomic E-state index is 11.6. The van der Waals surface area contributed by atoms with Gasteiger partial charge in [0.15, 0.2) is 0 Å². The minimum Gasteiger partial charge on any atom is -0.179 e. The van der Waals surface area contributed by atoms with Crippen LogP contribution in [-0.2, 0) is 10.2 Å². The fraction of sp³-hybridized carbons (Fsp3) is 1.00. The molecule has 0 radical (unpaired) electrons. The molecule has 0 heterocycles. The molecule has 2 saturated carbocycles. The summed E-state index contributed by atoms with van der Waals surface area (Å²) in [4.78, 5) is 0. The van der Waals surface area contributed by atoms with Gasteiger partial charge in [0.25, 0.3) is 0 Å². The topological polar surface area (TPSA) is 83.6 Å². The van der Waals surface area contributed by atoms with Crippen LogP contribution in [0, 0.1) is 11.8 Å². The molecule has 21 heavy (non-hydrogen) atoms. The molecule has 2 rings (SSSR count). The maximum absolute atomic E-state index is 11.6. The SMILES string of the molecule is CN=NS(=O)(=O)N=NC(C1CCCCC1)C1CCCCC1. The van der Waals surface area contributed by atoms with Crippen molar-refractivity contribution < 1.29 is 8.42 Å². The lowest BCUT2D eigenvalue weighted by Gasteiger charge is -2.34. The van der Waals surface area contributed by atoms with Crippen molar-refractivity contribution in [2.45, 2.75) is 70.3 Å². The molecule has 0 bridgehead atoms. The van der Waals surface area contributed by atoms with Crippen molar-refractivity contribution >= 4 is 10.2 Å². The van der Waals surface area contributed by atoms with E-state index in [0.717, 1.165) is 25.7 Å². The molecule has 0 aromatic rings. The van der Waals surface area contributed by atoms with Crippen molar-refractivity contribution in [2.24, 2.45) is 31.1 Å². The Morgan fingerprint density at radius 1 is 0.810 bits per heavy atom. The Morgan fingerprint density at radius 2 is 1.29 bits per heavy atom. The summed E-state index contributed by atoms with van der Waals surface area (Å²) in [5, 5.41) is 7.54. The average Bonchev–Trinajstić information content (AvgIpc) is 2.49. The van der Waals surface area contributed by atoms with Gasteiger partial charge < -0.3 is 0 Å². The van der Waals surface area contributed by atoms with E-state index in [4.69, 9.17) is 0 Å². The smallest absolute Gasteiger partial charge is 0.179 e. The molecule has 0 atom stereocenters. The highest BCUT2D eigenvalue weighted by Crippen LogP contribution is 2.37. The second kappa shape index (κ2) is 7.96. The van der Waals surface area contributed by atoms with Gasteiger partial charge in [-0.05, 0) is 46.6 Å². The minimum atomic E-state index is -3.89. The van der Waals surface area contributed by atoms with Crippen molar-refractivity contribution in [3.05, 3.63) is 0 Å². The third-order valence-corrected chi connectivity index (χ3v) is 5.40. The molecule has 2 aliphatic rings. The highest BCUT2D eigenvalue weighted by Gasteiger charge is 2.32. The summed E-state index contributed by atoms with van der Waals surface area (Å²) in [5.41, 5.74) is 0. The van der Waals surface area contributed by atoms with Gasteiger partial charge in [0, 0.05) is 0 Å². The average molecular weight is 314 g/mol. The van der Waals surface area contributed by atoms with Gasteiger partial charge >= 0.3 is 10.2 Å². The monoisotopic (exact) mass is 314 g/mol. The van der Waals surface area contributed by atoms with Crippen LogP contribution in [-0.4, -0.2) is 21.5 Å². The van der Waals surface area contributed by atoms with Gasteiger partial charge in [0.05, 0.1) is 13.1 Å². The molecule has 2 fully saturated rings. The molecule has 120 valence electrons. The summed E-state index contributed by atoms with van der Waals surface area (Å²) in [6, 6.07) is 0.0485. The second-order valence-electron chi connectivity index (χ2n) is 6.21. The predicted molar refractivity (Wildman–Crippen MR) is 81.5 cm³/mol. The Labute approximate surface area is 127 Å². The molecule has 0 spiro atoms. The van der Waals surface area contributed by atoms with E-state index in [1.807, 2.05) is 0 Å². The Morgan fingerprint density at radius 3 is 1.71 bits per heavy atom. The van der Waals surface area contributed by atoms with Crippen LogP contribution >= 0.6 is 0 Å². The minimum absolute atomic E-state index is 0.0485. The van der Waals surface area contributed by atoms with Crippen molar-refractivity contribution in [3.63, 3.8) is 0 Å². The third kappa shape index (κ3) is 5.13. The fourth-order valence-electron chi connectivity index (χ4n) is 3.76. The lowest BCUT2D eigenvalue weighted by Crippen LogP contribution is -2.30. The van der Waals surface area contributed by atoms with Crippen LogP contribution in [0.1, 0.15) is 64.2 Å². The van der Waals surface area contributed by atoms with E-state index < -0.39 is 10.2 Å². The molecular weight excluding hydrogens is 288 g/mol. The van der Waals surface area contributed by atoms with Gasteiger partial charge in [0.1, 0.15) is 0 Å². The van der Waals surface area contributed by atoms with Crippen LogP contribution < -0.4 is 0 Å². The summed E-state index contributed by atoms with van der Waals surface area (Å²) in [6.07, 6.45) is 12.1. The van der Waals surface area contributed by atoms with E-state index in [9.17, 15) is 8.42 Å². The van der Waals surface area contributed by atoms with Crippen LogP contribution in [0.25, 0.3) is 0 Å². The van der Waals surface area contributed by atoms with Crippen molar-refractivity contribution in [1.82, 2.24) is 0 Å². The van der Waals surface area contributed by atoms with Gasteiger partial charge in [-0.1, -0.05) is 38.5 Å². The molecule has 0 aromatic heterocycles. The summed E-state index contributed by atoms with van der Waals surface area (Å²) in [5.74, 6) is 0.971. The first-order valence-electron chi connectivity index (χ1n) is 8.10. The lowest BCUT2D eigenvalue weighted by molar-refractivity contribution is 0.202. The molecular formula is C14H26N4O2S. The molecule has 0 N–H and O–H groups in total. The molecule has 0 amide bonds. The highest BCUT2D eigenvalue weighted by atomic mass is 32.2. The molecule has 0 aromatic carbocycles. The van der Waals surface area contributed by atoms with Crippen LogP contribution in [0.15, 0.2) is 19.3 Å². The highest BCUT2D eigenvalue weighted by molar-refractivity contribution is 7.88. The Kier molecular flexibility index (Phi) is 6.26. The largest absolute Gasteiger partial charge is 0.397 e. The number of nitrogens with zero attached hydrogens (tertiary/aromatic N) is 4. The van der Waals surface area contributed by atoms with Crippen LogP contribution in [0.5, 0.6) is 0 Å². The first-order chi connectivity index (χ1) is 10.1. The number of hydrogen-bond donors (Lipinski definition) is 0. The van der Waals surface area contributed by atoms with Crippen LogP contribution in [0.2, 0.25) is 0 Å². The Bertz CT molecular complexity index is 445. The zero-order valence-corrected chi connectivity index (χ0v) is 13.6. The Balaban J connectivity index is 2.12. The van der Waals surface area contributed by atoms with Crippen LogP contribution in [0.3, 0.4) is 0 Å². The molecule has 2 aliphatic carbocycles. The van der Waals surface area contributed by atoms with Gasteiger partial charge in [-0.25, -0.2) is 0 Å². The van der Waals surface area contributed by atoms with Gasteiger partial charge in [0.2, 0.25) is 0 Å². The van der Waals surface area contributed by atoms with E-state index in [-0.39, 0.29) is 6.04 Å². The van der Waals surface area contributed by atoms with Gasteiger partial charge in [-0.2, -0.15) is 18.6 Å². The summed E-state index contributed by atoms with van der Waals surface area (Å²) >= 11 is 0. The third-order valence-electron chi connectivity index (χ3n) is 4.73. The summed E-state index contributed by atoms with van der Waals surface area (Å²) in [7, 11) is -2.56. The normalized spacial score (nSPS) is 23.5. The van der Waals surface area contributed by atoms with E-state index in [0.29, 0.717) is 11.8 Å². The fourth-order valence-corrected chi connectivity index (χ4v) is 4.23. The summed E-state index contributed by atoms with van der Waals surface area (Å²) < 4.78 is 29.8. The predicted octanol–water partition coefficient (Wildman–Crippen LogP) is 4.29. The zero-order chi connectivity index (χ0) is 15.1. The summed E-state index contributed by atoms with van der Waals surface area (Å²) in [6.45, 7) is 0. The molecule has 7 heteroatoms. The molecule has 0 unspecified atom stereocenters. The molecule has 6 nitrogen and oxygen atoms in total. The maximum Gasteiger partial charge on any atom is 0.397 e. The first-order valence-corrected chi connectivity index (χ1v) is 9.50. The van der Waals surface area contributed by atoms with Gasteiger partial charge in [-0.3, -0.25) is 0 Å². The van der Waals surface area contributed by atoms with Gasteiger partial charge in [-0.15, -0.1) is 0 Å². The van der Waals surface area contributed by atoms with E-state index >= 15 is 0 Å². The number of hydrogen-bond acceptors (Lipinski definition) is 4. The van der Waals surface area contributed by atoms with Crippen LogP contribution in [0.4, 0.5) is 0 Å². The quantitative estimate of drug-likeness (QED) is 0.709. The first kappa shape index (κ1) is 16.5. The second-order valence-corrected chi connectivity index (χ2v) is 7.44. The molecule has 0 aliphatic heterocycles. The van der Waals surface area contributed by atoms with Crippen molar-refractivity contribution in [2.75, 3.05) is 7.05 Å². The number of rotatable bonds is 5.